The fourth-order valence-corrected chi connectivity index (χ4v) is 2.60. The predicted octanol–water partition coefficient (Wildman–Crippen LogP) is 4.27. The van der Waals surface area contributed by atoms with Crippen LogP contribution in [0.1, 0.15) is 39.0 Å². The molecule has 0 heterocycles. The summed E-state index contributed by atoms with van der Waals surface area (Å²) in [6, 6.07) is 7.22. The molecule has 0 amide bonds. The van der Waals surface area contributed by atoms with E-state index in [1.54, 1.807) is 19.1 Å². The molecule has 0 aliphatic heterocycles. The summed E-state index contributed by atoms with van der Waals surface area (Å²) in [5.74, 6) is -0.388. The molecule has 0 spiro atoms. The van der Waals surface area contributed by atoms with Crippen LogP contribution in [-0.4, -0.2) is 33.2 Å². The van der Waals surface area contributed by atoms with E-state index in [1.165, 1.54) is 0 Å². The molecule has 124 valence electrons. The average molecular weight is 394 g/mol. The maximum absolute atomic E-state index is 11.1. The molecule has 0 saturated carbocycles. The highest BCUT2D eigenvalue weighted by Gasteiger charge is 2.39. The van der Waals surface area contributed by atoms with Crippen molar-refractivity contribution in [2.45, 2.75) is 49.5 Å². The lowest BCUT2D eigenvalue weighted by atomic mass is 9.93. The summed E-state index contributed by atoms with van der Waals surface area (Å²) >= 11 is 8.95. The first kappa shape index (κ1) is 19.3. The van der Waals surface area contributed by atoms with Crippen LogP contribution in [0.25, 0.3) is 0 Å². The van der Waals surface area contributed by atoms with Gasteiger partial charge in [0.15, 0.2) is 5.60 Å². The van der Waals surface area contributed by atoms with E-state index in [0.29, 0.717) is 18.1 Å². The highest BCUT2D eigenvalue weighted by Crippen LogP contribution is 2.25. The molecule has 0 aromatic heterocycles. The number of halogens is 2. The summed E-state index contributed by atoms with van der Waals surface area (Å²) in [7, 11) is 0. The smallest absolute Gasteiger partial charge is 0.336 e. The van der Waals surface area contributed by atoms with Crippen LogP contribution in [0, 0.1) is 0 Å². The lowest BCUT2D eigenvalue weighted by Crippen LogP contribution is -2.45. The van der Waals surface area contributed by atoms with Gasteiger partial charge in [-0.2, -0.15) is 0 Å². The van der Waals surface area contributed by atoms with Crippen LogP contribution < -0.4 is 4.74 Å². The standard InChI is InChI=1S/C16H22BrClO4/c1-12(17)16(21,15(19)20)10-4-2-3-5-11-22-14-8-6-13(18)7-9-14/h6-9,12,21H,2-5,10-11H2,1H3,(H,19,20). The van der Waals surface area contributed by atoms with Gasteiger partial charge >= 0.3 is 5.97 Å². The average Bonchev–Trinajstić information content (AvgIpc) is 2.47. The van der Waals surface area contributed by atoms with Crippen molar-refractivity contribution in [3.8, 4) is 5.75 Å². The highest BCUT2D eigenvalue weighted by atomic mass is 79.9. The molecular weight excluding hydrogens is 372 g/mol. The Labute approximate surface area is 144 Å². The van der Waals surface area contributed by atoms with Gasteiger partial charge in [0, 0.05) is 5.02 Å². The molecule has 6 heteroatoms. The third-order valence-corrected chi connectivity index (χ3v) is 4.57. The summed E-state index contributed by atoms with van der Waals surface area (Å²) in [6.45, 7) is 2.26. The lowest BCUT2D eigenvalue weighted by Gasteiger charge is -2.26. The molecule has 1 aromatic rings. The van der Waals surface area contributed by atoms with Gasteiger partial charge in [-0.3, -0.25) is 0 Å². The Morgan fingerprint density at radius 2 is 1.86 bits per heavy atom. The van der Waals surface area contributed by atoms with Crippen LogP contribution in [0.15, 0.2) is 24.3 Å². The minimum absolute atomic E-state index is 0.243. The van der Waals surface area contributed by atoms with E-state index in [9.17, 15) is 9.90 Å². The number of alkyl halides is 1. The van der Waals surface area contributed by atoms with Crippen LogP contribution in [-0.2, 0) is 4.79 Å². The predicted molar refractivity (Wildman–Crippen MR) is 91.0 cm³/mol. The Hall–Kier alpha value is -0.780. The van der Waals surface area contributed by atoms with E-state index in [4.69, 9.17) is 21.4 Å². The molecule has 0 bridgehead atoms. The number of rotatable bonds is 10. The zero-order chi connectivity index (χ0) is 16.6. The van der Waals surface area contributed by atoms with E-state index in [0.717, 1.165) is 25.0 Å². The van der Waals surface area contributed by atoms with Crippen molar-refractivity contribution in [3.63, 3.8) is 0 Å². The number of hydrogen-bond donors (Lipinski definition) is 2. The summed E-state index contributed by atoms with van der Waals surface area (Å²) in [4.78, 5) is 10.6. The summed E-state index contributed by atoms with van der Waals surface area (Å²) < 4.78 is 5.58. The monoisotopic (exact) mass is 392 g/mol. The summed E-state index contributed by atoms with van der Waals surface area (Å²) in [5.41, 5.74) is -1.69. The van der Waals surface area contributed by atoms with Crippen molar-refractivity contribution in [1.29, 1.82) is 0 Å². The number of carboxylic acids is 1. The number of aliphatic carboxylic acids is 1. The Bertz CT molecular complexity index is 464. The SMILES string of the molecule is CC(Br)C(O)(CCCCCCOc1ccc(Cl)cc1)C(=O)O. The molecule has 2 atom stereocenters. The first-order chi connectivity index (χ1) is 10.4. The minimum atomic E-state index is -1.69. The van der Waals surface area contributed by atoms with Gasteiger partial charge in [-0.25, -0.2) is 4.79 Å². The number of benzene rings is 1. The second-order valence-electron chi connectivity index (χ2n) is 5.31. The van der Waals surface area contributed by atoms with E-state index in [1.807, 2.05) is 12.1 Å². The van der Waals surface area contributed by atoms with E-state index in [2.05, 4.69) is 15.9 Å². The first-order valence-corrected chi connectivity index (χ1v) is 8.64. The largest absolute Gasteiger partial charge is 0.494 e. The molecule has 1 aromatic carbocycles. The van der Waals surface area contributed by atoms with Crippen LogP contribution in [0.2, 0.25) is 5.02 Å². The van der Waals surface area contributed by atoms with Gasteiger partial charge in [0.05, 0.1) is 11.4 Å². The van der Waals surface area contributed by atoms with Crippen molar-refractivity contribution in [2.75, 3.05) is 6.61 Å². The van der Waals surface area contributed by atoms with Crippen LogP contribution in [0.5, 0.6) is 5.75 Å². The van der Waals surface area contributed by atoms with Crippen molar-refractivity contribution in [1.82, 2.24) is 0 Å². The van der Waals surface area contributed by atoms with Gasteiger partial charge in [-0.15, -0.1) is 0 Å². The van der Waals surface area contributed by atoms with Crippen LogP contribution in [0.3, 0.4) is 0 Å². The minimum Gasteiger partial charge on any atom is -0.494 e. The van der Waals surface area contributed by atoms with Crippen molar-refractivity contribution in [2.24, 2.45) is 0 Å². The number of carboxylic acid groups (broad SMARTS) is 1. The number of ether oxygens (including phenoxy) is 1. The molecule has 0 radical (unpaired) electrons. The zero-order valence-corrected chi connectivity index (χ0v) is 14.9. The Morgan fingerprint density at radius 1 is 1.27 bits per heavy atom. The van der Waals surface area contributed by atoms with E-state index >= 15 is 0 Å². The molecule has 2 unspecified atom stereocenters. The summed E-state index contributed by atoms with van der Waals surface area (Å²) in [5, 5.41) is 19.8. The Kier molecular flexibility index (Phi) is 8.21. The molecule has 2 N–H and O–H groups in total. The fraction of sp³-hybridized carbons (Fsp3) is 0.562. The number of aliphatic hydroxyl groups is 1. The lowest BCUT2D eigenvalue weighted by molar-refractivity contribution is -0.158. The van der Waals surface area contributed by atoms with Gasteiger partial charge in [-0.05, 0) is 50.5 Å². The van der Waals surface area contributed by atoms with Crippen LogP contribution >= 0.6 is 27.5 Å². The van der Waals surface area contributed by atoms with Gasteiger partial charge in [0.2, 0.25) is 0 Å². The fourth-order valence-electron chi connectivity index (χ4n) is 2.05. The first-order valence-electron chi connectivity index (χ1n) is 7.34. The van der Waals surface area contributed by atoms with Crippen LogP contribution in [0.4, 0.5) is 0 Å². The third kappa shape index (κ3) is 6.15. The summed E-state index contributed by atoms with van der Waals surface area (Å²) in [6.07, 6.45) is 3.59. The topological polar surface area (TPSA) is 66.8 Å². The van der Waals surface area contributed by atoms with Crippen molar-refractivity contribution < 1.29 is 19.7 Å². The third-order valence-electron chi connectivity index (χ3n) is 3.56. The van der Waals surface area contributed by atoms with Gasteiger partial charge in [-0.1, -0.05) is 40.4 Å². The zero-order valence-electron chi connectivity index (χ0n) is 12.6. The maximum Gasteiger partial charge on any atom is 0.336 e. The quantitative estimate of drug-likeness (QED) is 0.460. The van der Waals surface area contributed by atoms with Gasteiger partial charge in [0.1, 0.15) is 5.75 Å². The maximum atomic E-state index is 11.1. The number of carbonyl (C=O) groups is 1. The second kappa shape index (κ2) is 9.38. The highest BCUT2D eigenvalue weighted by molar-refractivity contribution is 9.09. The molecule has 4 nitrogen and oxygen atoms in total. The van der Waals surface area contributed by atoms with E-state index in [-0.39, 0.29) is 6.42 Å². The molecule has 22 heavy (non-hydrogen) atoms. The molecule has 0 saturated heterocycles. The molecule has 0 aliphatic rings. The molecule has 0 fully saturated rings. The molecule has 1 rings (SSSR count). The van der Waals surface area contributed by atoms with Crippen molar-refractivity contribution >= 4 is 33.5 Å². The number of unbranched alkanes of at least 4 members (excludes halogenated alkanes) is 3. The molecule has 0 aliphatic carbocycles. The normalized spacial score (nSPS) is 15.1. The van der Waals surface area contributed by atoms with Crippen molar-refractivity contribution in [3.05, 3.63) is 29.3 Å². The number of hydrogen-bond acceptors (Lipinski definition) is 3. The molecular formula is C16H22BrClO4. The van der Waals surface area contributed by atoms with Gasteiger partial charge in [0.25, 0.3) is 0 Å². The Balaban J connectivity index is 2.15. The van der Waals surface area contributed by atoms with E-state index < -0.39 is 16.4 Å². The Morgan fingerprint density at radius 3 is 2.41 bits per heavy atom. The van der Waals surface area contributed by atoms with Gasteiger partial charge < -0.3 is 14.9 Å². The second-order valence-corrected chi connectivity index (χ2v) is 7.12.